The van der Waals surface area contributed by atoms with Gasteiger partial charge in [0.25, 0.3) is 0 Å². The summed E-state index contributed by atoms with van der Waals surface area (Å²) in [6.45, 7) is 2.65. The van der Waals surface area contributed by atoms with E-state index < -0.39 is 6.29 Å². The van der Waals surface area contributed by atoms with Crippen LogP contribution in [0.15, 0.2) is 96.4 Å². The predicted molar refractivity (Wildman–Crippen MR) is 194 cm³/mol. The van der Waals surface area contributed by atoms with Crippen molar-refractivity contribution in [1.29, 1.82) is 0 Å². The molecule has 9 heteroatoms. The molecule has 4 saturated carbocycles. The Labute approximate surface area is 298 Å². The lowest BCUT2D eigenvalue weighted by molar-refractivity contribution is -0.268. The van der Waals surface area contributed by atoms with Crippen molar-refractivity contribution in [2.75, 3.05) is 5.75 Å². The molecule has 2 heterocycles. The average Bonchev–Trinajstić information content (AvgIpc) is 3.13. The van der Waals surface area contributed by atoms with Gasteiger partial charge in [-0.2, -0.15) is 0 Å². The van der Waals surface area contributed by atoms with Gasteiger partial charge in [0.1, 0.15) is 0 Å². The van der Waals surface area contributed by atoms with Gasteiger partial charge in [0, 0.05) is 41.7 Å². The van der Waals surface area contributed by atoms with Crippen LogP contribution in [-0.2, 0) is 22.6 Å². The standard InChI is InChI=1S/C41H46N4O4S/c1-26-36(25-50-40-42-14-3-15-43-40)48-38(49-37(26)33-8-6-27(24-46)7-9-33)34-12-10-32(11-13-34)35-5-2-4-28(19-35)23-44-39(47)45-41-20-29-16-30(21-41)18-31(17-29)22-41/h2-15,19,26,29-31,36-38,46H,16-18,20-25H2,1H3,(H2,44,45,47). The van der Waals surface area contributed by atoms with Gasteiger partial charge in [-0.3, -0.25) is 0 Å². The van der Waals surface area contributed by atoms with Gasteiger partial charge >= 0.3 is 6.03 Å². The van der Waals surface area contributed by atoms with Crippen molar-refractivity contribution < 1.29 is 19.4 Å². The number of carbonyl (C=O) groups excluding carboxylic acids is 1. The molecule has 3 aromatic carbocycles. The van der Waals surface area contributed by atoms with Gasteiger partial charge in [0.2, 0.25) is 0 Å². The van der Waals surface area contributed by atoms with E-state index in [0.717, 1.165) is 75.6 Å². The van der Waals surface area contributed by atoms with E-state index in [9.17, 15) is 9.90 Å². The molecule has 4 bridgehead atoms. The highest BCUT2D eigenvalue weighted by Gasteiger charge is 2.51. The molecule has 5 fully saturated rings. The van der Waals surface area contributed by atoms with Crippen molar-refractivity contribution in [1.82, 2.24) is 20.6 Å². The van der Waals surface area contributed by atoms with Gasteiger partial charge in [0.15, 0.2) is 11.4 Å². The summed E-state index contributed by atoms with van der Waals surface area (Å²) in [4.78, 5) is 21.8. The van der Waals surface area contributed by atoms with Gasteiger partial charge in [-0.15, -0.1) is 0 Å². The fourth-order valence-corrected chi connectivity index (χ4v) is 10.2. The molecule has 1 saturated heterocycles. The lowest BCUT2D eigenvalue weighted by Crippen LogP contribution is -2.61. The highest BCUT2D eigenvalue weighted by atomic mass is 32.2. The molecule has 0 radical (unpaired) electrons. The van der Waals surface area contributed by atoms with Crippen molar-refractivity contribution in [2.24, 2.45) is 23.7 Å². The van der Waals surface area contributed by atoms with E-state index in [1.54, 1.807) is 24.2 Å². The zero-order valence-electron chi connectivity index (χ0n) is 28.5. The third kappa shape index (κ3) is 7.33. The highest BCUT2D eigenvalue weighted by molar-refractivity contribution is 7.99. The number of hydrogen-bond donors (Lipinski definition) is 3. The number of carbonyl (C=O) groups is 1. The number of rotatable bonds is 10. The summed E-state index contributed by atoms with van der Waals surface area (Å²) < 4.78 is 13.3. The SMILES string of the molecule is CC1C(CSc2ncccn2)OC(c2ccc(-c3cccc(CNC(=O)NC45CC6CC(CC(C6)C4)C5)c3)cc2)OC1c1ccc(CO)cc1. The van der Waals surface area contributed by atoms with Crippen molar-refractivity contribution in [3.05, 3.63) is 114 Å². The van der Waals surface area contributed by atoms with Gasteiger partial charge in [0.05, 0.1) is 18.8 Å². The minimum absolute atomic E-state index is 0.00590. The summed E-state index contributed by atoms with van der Waals surface area (Å²) >= 11 is 1.59. The zero-order valence-corrected chi connectivity index (χ0v) is 29.4. The summed E-state index contributed by atoms with van der Waals surface area (Å²) in [5, 5.41) is 16.9. The molecule has 2 amide bonds. The number of benzene rings is 3. The molecule has 4 aromatic rings. The van der Waals surface area contributed by atoms with E-state index in [1.807, 2.05) is 30.3 Å². The number of hydrogen-bond acceptors (Lipinski definition) is 7. The number of aromatic nitrogens is 2. The van der Waals surface area contributed by atoms with Crippen LogP contribution >= 0.6 is 11.8 Å². The molecule has 4 atom stereocenters. The Balaban J connectivity index is 0.934. The molecular weight excluding hydrogens is 645 g/mol. The van der Waals surface area contributed by atoms with E-state index >= 15 is 0 Å². The predicted octanol–water partition coefficient (Wildman–Crippen LogP) is 7.99. The third-order valence-corrected chi connectivity index (χ3v) is 12.3. The second-order valence-corrected chi connectivity index (χ2v) is 16.0. The lowest BCUT2D eigenvalue weighted by atomic mass is 9.53. The topological polar surface area (TPSA) is 106 Å². The molecule has 9 rings (SSSR count). The van der Waals surface area contributed by atoms with Gasteiger partial charge < -0.3 is 25.2 Å². The first-order valence-electron chi connectivity index (χ1n) is 18.1. The highest BCUT2D eigenvalue weighted by Crippen LogP contribution is 2.55. The van der Waals surface area contributed by atoms with Crippen LogP contribution in [0.2, 0.25) is 0 Å². The summed E-state index contributed by atoms with van der Waals surface area (Å²) in [5.74, 6) is 3.16. The summed E-state index contributed by atoms with van der Waals surface area (Å²) in [5.41, 5.74) is 6.13. The fraction of sp³-hybridized carbons (Fsp3) is 0.439. The number of nitrogens with one attached hydrogen (secondary N) is 2. The van der Waals surface area contributed by atoms with Crippen LogP contribution in [0.5, 0.6) is 0 Å². The van der Waals surface area contributed by atoms with E-state index in [1.165, 1.54) is 19.3 Å². The second-order valence-electron chi connectivity index (χ2n) is 15.0. The van der Waals surface area contributed by atoms with Crippen LogP contribution in [0.25, 0.3) is 11.1 Å². The van der Waals surface area contributed by atoms with Crippen LogP contribution in [-0.4, -0.2) is 38.5 Å². The molecule has 4 unspecified atom stereocenters. The van der Waals surface area contributed by atoms with Crippen LogP contribution in [0.1, 0.15) is 80.1 Å². The molecule has 0 spiro atoms. The van der Waals surface area contributed by atoms with E-state index in [4.69, 9.17) is 9.47 Å². The minimum Gasteiger partial charge on any atom is -0.392 e. The monoisotopic (exact) mass is 690 g/mol. The maximum atomic E-state index is 13.1. The zero-order chi connectivity index (χ0) is 34.1. The van der Waals surface area contributed by atoms with Crippen molar-refractivity contribution >= 4 is 17.8 Å². The van der Waals surface area contributed by atoms with Crippen molar-refractivity contribution in [2.45, 2.75) is 87.8 Å². The summed E-state index contributed by atoms with van der Waals surface area (Å²) in [7, 11) is 0. The normalized spacial score (nSPS) is 29.8. The molecule has 1 aliphatic heterocycles. The molecule has 260 valence electrons. The Bertz CT molecular complexity index is 1730. The molecular formula is C41H46N4O4S. The Morgan fingerprint density at radius 3 is 2.20 bits per heavy atom. The van der Waals surface area contributed by atoms with Crippen LogP contribution < -0.4 is 10.6 Å². The summed E-state index contributed by atoms with van der Waals surface area (Å²) in [6.07, 6.45) is 10.2. The number of urea groups is 1. The average molecular weight is 691 g/mol. The van der Waals surface area contributed by atoms with Crippen LogP contribution in [0, 0.1) is 23.7 Å². The first-order valence-corrected chi connectivity index (χ1v) is 19.1. The van der Waals surface area contributed by atoms with Crippen molar-refractivity contribution in [3.8, 4) is 11.1 Å². The van der Waals surface area contributed by atoms with E-state index in [0.29, 0.717) is 12.3 Å². The van der Waals surface area contributed by atoms with Gasteiger partial charge in [-0.1, -0.05) is 85.4 Å². The van der Waals surface area contributed by atoms with Crippen LogP contribution in [0.3, 0.4) is 0 Å². The van der Waals surface area contributed by atoms with Crippen LogP contribution in [0.4, 0.5) is 4.79 Å². The number of amides is 2. The lowest BCUT2D eigenvalue weighted by Gasteiger charge is -2.56. The maximum Gasteiger partial charge on any atom is 0.315 e. The molecule has 4 aliphatic carbocycles. The first-order chi connectivity index (χ1) is 24.4. The summed E-state index contributed by atoms with van der Waals surface area (Å²) in [6, 6.07) is 26.5. The van der Waals surface area contributed by atoms with Crippen molar-refractivity contribution in [3.63, 3.8) is 0 Å². The second kappa shape index (κ2) is 14.5. The molecule has 8 nitrogen and oxygen atoms in total. The van der Waals surface area contributed by atoms with Gasteiger partial charge in [-0.25, -0.2) is 14.8 Å². The molecule has 50 heavy (non-hydrogen) atoms. The fourth-order valence-electron chi connectivity index (χ4n) is 9.25. The Morgan fingerprint density at radius 1 is 0.840 bits per heavy atom. The largest absolute Gasteiger partial charge is 0.392 e. The van der Waals surface area contributed by atoms with E-state index in [-0.39, 0.29) is 36.3 Å². The smallest absolute Gasteiger partial charge is 0.315 e. The molecule has 5 aliphatic rings. The Kier molecular flexibility index (Phi) is 9.66. The number of thioether (sulfide) groups is 1. The van der Waals surface area contributed by atoms with E-state index in [2.05, 4.69) is 76.1 Å². The molecule has 1 aromatic heterocycles. The Hall–Kier alpha value is -3.76. The number of ether oxygens (including phenoxy) is 2. The maximum absolute atomic E-state index is 13.1. The third-order valence-electron chi connectivity index (χ3n) is 11.4. The quantitative estimate of drug-likeness (QED) is 0.114. The number of aliphatic hydroxyl groups is 1. The molecule has 3 N–H and O–H groups in total. The van der Waals surface area contributed by atoms with Gasteiger partial charge in [-0.05, 0) is 96.2 Å². The number of nitrogens with zero attached hydrogens (tertiary/aromatic N) is 2. The Morgan fingerprint density at radius 2 is 1.52 bits per heavy atom. The number of aliphatic hydroxyl groups excluding tert-OH is 1. The first kappa shape index (κ1) is 33.4. The minimum atomic E-state index is -0.548.